The minimum absolute atomic E-state index is 0.0133. The monoisotopic (exact) mass is 489 g/mol. The van der Waals surface area contributed by atoms with Crippen molar-refractivity contribution < 1.29 is 33.9 Å². The predicted molar refractivity (Wildman–Crippen MR) is 133 cm³/mol. The van der Waals surface area contributed by atoms with Gasteiger partial charge in [0.25, 0.3) is 11.7 Å². The lowest BCUT2D eigenvalue weighted by atomic mass is 9.93. The molecule has 36 heavy (non-hydrogen) atoms. The van der Waals surface area contributed by atoms with E-state index in [0.29, 0.717) is 40.5 Å². The maximum absolute atomic E-state index is 13.4. The molecule has 4 rings (SSSR count). The van der Waals surface area contributed by atoms with Crippen LogP contribution in [0.1, 0.15) is 35.2 Å². The van der Waals surface area contributed by atoms with Gasteiger partial charge in [0, 0.05) is 17.2 Å². The number of hydrogen-bond donors (Lipinski definition) is 1. The predicted octanol–water partition coefficient (Wildman–Crippen LogP) is 3.85. The first-order valence-electron chi connectivity index (χ1n) is 11.6. The van der Waals surface area contributed by atoms with Crippen molar-refractivity contribution in [3.05, 3.63) is 88.8 Å². The van der Waals surface area contributed by atoms with Gasteiger partial charge in [-0.1, -0.05) is 6.07 Å². The molecule has 8 nitrogen and oxygen atoms in total. The zero-order chi connectivity index (χ0) is 25.8. The number of aromatic nitrogens is 1. The highest BCUT2D eigenvalue weighted by Gasteiger charge is 2.46. The number of H-pyrrole nitrogens is 1. The van der Waals surface area contributed by atoms with Crippen molar-refractivity contribution in [2.75, 3.05) is 20.8 Å². The maximum Gasteiger partial charge on any atom is 0.295 e. The lowest BCUT2D eigenvalue weighted by molar-refractivity contribution is -0.378. The van der Waals surface area contributed by atoms with Crippen LogP contribution in [0.15, 0.2) is 66.5 Å². The van der Waals surface area contributed by atoms with Crippen molar-refractivity contribution in [3.63, 3.8) is 0 Å². The topological polar surface area (TPSA) is 99.4 Å². The van der Waals surface area contributed by atoms with Gasteiger partial charge < -0.3 is 24.2 Å². The van der Waals surface area contributed by atoms with Crippen LogP contribution in [-0.4, -0.2) is 42.5 Å². The number of carbonyl (C=O) groups is 2. The number of methoxy groups -OCH3 is 2. The van der Waals surface area contributed by atoms with Gasteiger partial charge >= 0.3 is 0 Å². The Morgan fingerprint density at radius 2 is 1.86 bits per heavy atom. The van der Waals surface area contributed by atoms with Crippen LogP contribution in [0.25, 0.3) is 5.76 Å². The molecule has 0 aliphatic carbocycles. The average Bonchev–Trinajstić information content (AvgIpc) is 3.14. The second kappa shape index (κ2) is 10.5. The molecule has 0 bridgehead atoms. The molecular weight excluding hydrogens is 460 g/mol. The van der Waals surface area contributed by atoms with Crippen LogP contribution in [-0.2, 0) is 16.1 Å². The molecule has 1 amide bonds. The van der Waals surface area contributed by atoms with Gasteiger partial charge in [0.1, 0.15) is 11.5 Å². The second-order valence-corrected chi connectivity index (χ2v) is 8.36. The highest BCUT2D eigenvalue weighted by Crippen LogP contribution is 2.43. The lowest BCUT2D eigenvalue weighted by Crippen LogP contribution is -2.29. The molecule has 2 aromatic carbocycles. The van der Waals surface area contributed by atoms with Gasteiger partial charge in [0.2, 0.25) is 0 Å². The summed E-state index contributed by atoms with van der Waals surface area (Å²) in [5.74, 6) is -0.0472. The highest BCUT2D eigenvalue weighted by atomic mass is 16.5. The van der Waals surface area contributed by atoms with Crippen LogP contribution < -0.4 is 19.2 Å². The van der Waals surface area contributed by atoms with Crippen molar-refractivity contribution in [3.8, 4) is 17.2 Å². The normalized spacial score (nSPS) is 16.8. The number of nitrogens with one attached hydrogen (secondary N) is 1. The Bertz CT molecular complexity index is 1320. The third-order valence-electron chi connectivity index (χ3n) is 6.16. The van der Waals surface area contributed by atoms with Crippen LogP contribution in [0.4, 0.5) is 0 Å². The number of carbonyl (C=O) groups excluding carboxylic acids is 2. The number of Topliss-reactive ketones (excluding diaryl/α,β-unsaturated/α-hetero) is 1. The first-order chi connectivity index (χ1) is 17.4. The summed E-state index contributed by atoms with van der Waals surface area (Å²) >= 11 is 0. The van der Waals surface area contributed by atoms with E-state index in [-0.39, 0.29) is 17.9 Å². The Morgan fingerprint density at radius 1 is 1.06 bits per heavy atom. The van der Waals surface area contributed by atoms with E-state index in [1.165, 1.54) is 12.0 Å². The number of amides is 1. The van der Waals surface area contributed by atoms with Crippen molar-refractivity contribution in [2.24, 2.45) is 0 Å². The molecule has 3 aromatic rings. The molecule has 0 saturated carbocycles. The third-order valence-corrected chi connectivity index (χ3v) is 6.16. The smallest absolute Gasteiger partial charge is 0.295 e. The van der Waals surface area contributed by atoms with Crippen molar-refractivity contribution in [2.45, 2.75) is 26.4 Å². The van der Waals surface area contributed by atoms with Crippen molar-refractivity contribution in [1.82, 2.24) is 4.90 Å². The molecule has 1 fully saturated rings. The molecule has 186 valence electrons. The average molecular weight is 490 g/mol. The van der Waals surface area contributed by atoms with E-state index in [1.54, 1.807) is 55.9 Å². The van der Waals surface area contributed by atoms with E-state index in [2.05, 4.69) is 4.98 Å². The number of hydrogen-bond acceptors (Lipinski definition) is 6. The molecule has 1 aliphatic heterocycles. The number of pyridine rings is 1. The Balaban J connectivity index is 1.90. The summed E-state index contributed by atoms with van der Waals surface area (Å²) in [6.45, 7) is 4.30. The van der Waals surface area contributed by atoms with Gasteiger partial charge in [-0.15, -0.1) is 0 Å². The molecule has 1 aromatic heterocycles. The minimum Gasteiger partial charge on any atom is -0.507 e. The Kier molecular flexibility index (Phi) is 7.24. The van der Waals surface area contributed by atoms with Gasteiger partial charge in [-0.2, -0.15) is 0 Å². The Hall–Kier alpha value is -4.33. The maximum atomic E-state index is 13.4. The van der Waals surface area contributed by atoms with E-state index < -0.39 is 17.7 Å². The summed E-state index contributed by atoms with van der Waals surface area (Å²) in [5, 5.41) is 11.4. The van der Waals surface area contributed by atoms with E-state index >= 15 is 0 Å². The first kappa shape index (κ1) is 24.8. The largest absolute Gasteiger partial charge is 0.507 e. The van der Waals surface area contributed by atoms with E-state index in [4.69, 9.17) is 14.2 Å². The van der Waals surface area contributed by atoms with E-state index in [1.807, 2.05) is 26.0 Å². The molecule has 1 atom stereocenters. The molecule has 2 heterocycles. The number of rotatable bonds is 8. The summed E-state index contributed by atoms with van der Waals surface area (Å²) in [7, 11) is 3.08. The zero-order valence-corrected chi connectivity index (χ0v) is 20.7. The highest BCUT2D eigenvalue weighted by molar-refractivity contribution is 6.46. The van der Waals surface area contributed by atoms with Crippen LogP contribution in [0.5, 0.6) is 17.2 Å². The van der Waals surface area contributed by atoms with Crippen LogP contribution in [0.3, 0.4) is 0 Å². The van der Waals surface area contributed by atoms with Gasteiger partial charge in [-0.05, 0) is 61.4 Å². The van der Waals surface area contributed by atoms with E-state index in [0.717, 1.165) is 5.56 Å². The van der Waals surface area contributed by atoms with E-state index in [9.17, 15) is 14.7 Å². The molecule has 1 saturated heterocycles. The fourth-order valence-corrected chi connectivity index (χ4v) is 4.42. The summed E-state index contributed by atoms with van der Waals surface area (Å²) in [6, 6.07) is 13.2. The number of ketones is 1. The molecule has 1 unspecified atom stereocenters. The molecular formula is C28H29N2O6+. The number of aryl methyl sites for hydroxylation is 1. The Morgan fingerprint density at radius 3 is 2.50 bits per heavy atom. The number of ether oxygens (including phenoxy) is 3. The van der Waals surface area contributed by atoms with Crippen molar-refractivity contribution in [1.29, 1.82) is 0 Å². The van der Waals surface area contributed by atoms with Gasteiger partial charge in [-0.25, -0.2) is 4.98 Å². The summed E-state index contributed by atoms with van der Waals surface area (Å²) in [4.78, 5) is 31.1. The van der Waals surface area contributed by atoms with Gasteiger partial charge in [0.15, 0.2) is 23.9 Å². The fraction of sp³-hybridized carbons (Fsp3) is 0.250. The number of benzene rings is 2. The standard InChI is InChI=1S/C28H28N2O6/c1-5-36-22-11-8-19(14-23(22)35-4)25-24(26(31)21-10-9-20(34-3)13-17(21)2)27(32)28(33)30(25)16-18-7-6-12-29-15-18/h6-15,25,31H,5,16H2,1-4H3/p+1. The van der Waals surface area contributed by atoms with Crippen LogP contribution in [0.2, 0.25) is 0 Å². The molecule has 0 spiro atoms. The summed E-state index contributed by atoms with van der Waals surface area (Å²) < 4.78 is 16.4. The number of aliphatic hydroxyl groups excluding tert-OH is 1. The fourth-order valence-electron chi connectivity index (χ4n) is 4.42. The third kappa shape index (κ3) is 4.62. The molecule has 2 N–H and O–H groups in total. The second-order valence-electron chi connectivity index (χ2n) is 8.36. The van der Waals surface area contributed by atoms with Gasteiger partial charge in [0.05, 0.1) is 39.0 Å². The molecule has 0 radical (unpaired) electrons. The lowest BCUT2D eigenvalue weighted by Gasteiger charge is -2.26. The molecule has 1 aliphatic rings. The number of aromatic amines is 1. The van der Waals surface area contributed by atoms with Crippen molar-refractivity contribution >= 4 is 17.4 Å². The van der Waals surface area contributed by atoms with Crippen LogP contribution >= 0.6 is 0 Å². The summed E-state index contributed by atoms with van der Waals surface area (Å²) in [5.41, 5.74) is 2.59. The quantitative estimate of drug-likeness (QED) is 0.293. The first-order valence-corrected chi connectivity index (χ1v) is 11.6. The number of aliphatic hydroxyl groups is 1. The minimum atomic E-state index is -0.837. The van der Waals surface area contributed by atoms with Crippen LogP contribution in [0, 0.1) is 6.92 Å². The Labute approximate surface area is 209 Å². The zero-order valence-electron chi connectivity index (χ0n) is 20.7. The summed E-state index contributed by atoms with van der Waals surface area (Å²) in [6.07, 6.45) is 3.53. The van der Waals surface area contributed by atoms with Gasteiger partial charge in [-0.3, -0.25) is 9.59 Å². The number of nitrogens with zero attached hydrogens (tertiary/aromatic N) is 1. The molecule has 8 heteroatoms. The SMILES string of the molecule is CCOc1ccc(C2C(=C(O)c3ccc(OC)cc3C)C(=O)C(=O)N2Cc2ccc[nH+]c2)cc1OC. The number of likely N-dealkylation sites (tertiary alicyclic amines) is 1.